The summed E-state index contributed by atoms with van der Waals surface area (Å²) in [5.41, 5.74) is 4.27. The van der Waals surface area contributed by atoms with Gasteiger partial charge in [0.1, 0.15) is 0 Å². The number of carbonyl (C=O) groups is 2. The second kappa shape index (κ2) is 21.9. The number of nitrogens with one attached hydrogen (secondary N) is 2. The zero-order valence-corrected chi connectivity index (χ0v) is 26.2. The predicted octanol–water partition coefficient (Wildman–Crippen LogP) is 5.14. The van der Waals surface area contributed by atoms with Crippen molar-refractivity contribution in [2.24, 2.45) is 11.1 Å². The third-order valence-corrected chi connectivity index (χ3v) is 4.47. The van der Waals surface area contributed by atoms with Crippen molar-refractivity contribution >= 4 is 11.9 Å². The van der Waals surface area contributed by atoms with Crippen LogP contribution in [0.1, 0.15) is 114 Å². The molecule has 8 heteroatoms. The number of rotatable bonds is 13. The monoisotopic (exact) mass is 645 g/mol. The topological polar surface area (TPSA) is 114 Å². The van der Waals surface area contributed by atoms with Gasteiger partial charge in [-0.05, 0) is 58.8 Å². The maximum absolute atomic E-state index is 11.0. The van der Waals surface area contributed by atoms with Gasteiger partial charge in [0.15, 0.2) is 0 Å². The molecule has 7 nitrogen and oxygen atoms in total. The molecular weight excluding hydrogens is 590 g/mol. The van der Waals surface area contributed by atoms with Gasteiger partial charge in [-0.3, -0.25) is 4.79 Å². The van der Waals surface area contributed by atoms with Crippen LogP contribution in [0.15, 0.2) is 0 Å². The van der Waals surface area contributed by atoms with E-state index in [0.29, 0.717) is 26.0 Å². The zero-order chi connectivity index (χ0) is 25.8. The maximum atomic E-state index is 11.0. The molecular formula is C25H55N3O4W. The molecule has 0 aromatic heterocycles. The molecule has 0 spiro atoms. The minimum atomic E-state index is -0.691. The summed E-state index contributed by atoms with van der Waals surface area (Å²) in [5.74, 6) is 0.152. The average molecular weight is 646 g/mol. The first kappa shape index (κ1) is 39.6. The molecule has 0 aromatic carbocycles. The first-order valence-electron chi connectivity index (χ1n) is 12.2. The van der Waals surface area contributed by atoms with E-state index >= 15 is 0 Å². The largest absolute Gasteiger partial charge is 0.390 e. The van der Waals surface area contributed by atoms with Crippen LogP contribution in [0.2, 0.25) is 0 Å². The average Bonchev–Trinajstić information content (AvgIpc) is 2.63. The van der Waals surface area contributed by atoms with Gasteiger partial charge in [-0.2, -0.15) is 0 Å². The summed E-state index contributed by atoms with van der Waals surface area (Å²) in [6.45, 7) is 22.1. The molecule has 0 bridgehead atoms. The van der Waals surface area contributed by atoms with Crippen molar-refractivity contribution in [1.29, 1.82) is 0 Å². The quantitative estimate of drug-likeness (QED) is 0.208. The van der Waals surface area contributed by atoms with E-state index < -0.39 is 11.6 Å². The number of primary amides is 1. The molecule has 5 N–H and O–H groups in total. The van der Waals surface area contributed by atoms with Crippen LogP contribution in [-0.4, -0.2) is 47.9 Å². The minimum Gasteiger partial charge on any atom is -0.390 e. The smallest absolute Gasteiger partial charge is 0.312 e. The second-order valence-corrected chi connectivity index (χ2v) is 10.3. The van der Waals surface area contributed by atoms with Gasteiger partial charge in [-0.25, -0.2) is 4.79 Å². The van der Waals surface area contributed by atoms with Crippen molar-refractivity contribution < 1.29 is 40.5 Å². The van der Waals surface area contributed by atoms with E-state index in [2.05, 4.69) is 45.3 Å². The van der Waals surface area contributed by atoms with Crippen LogP contribution in [-0.2, 0) is 30.6 Å². The summed E-state index contributed by atoms with van der Waals surface area (Å²) >= 11 is 0. The second-order valence-electron chi connectivity index (χ2n) is 10.3. The summed E-state index contributed by atoms with van der Waals surface area (Å²) < 4.78 is 5.71. The number of hydrogen-bond donors (Lipinski definition) is 4. The third kappa shape index (κ3) is 36.1. The van der Waals surface area contributed by atoms with Gasteiger partial charge in [-0.1, -0.05) is 54.4 Å². The fourth-order valence-corrected chi connectivity index (χ4v) is 2.60. The van der Waals surface area contributed by atoms with Crippen LogP contribution in [0.4, 0.5) is 4.79 Å². The molecule has 0 fully saturated rings. The normalized spacial score (nSPS) is 11.1. The van der Waals surface area contributed by atoms with Gasteiger partial charge in [0.05, 0.1) is 17.8 Å². The number of nitrogens with two attached hydrogens (primary N) is 1. The van der Waals surface area contributed by atoms with E-state index in [9.17, 15) is 14.7 Å². The Labute approximate surface area is 219 Å². The molecule has 0 saturated heterocycles. The van der Waals surface area contributed by atoms with Crippen molar-refractivity contribution in [2.45, 2.75) is 125 Å². The van der Waals surface area contributed by atoms with E-state index in [-0.39, 0.29) is 38.0 Å². The Morgan fingerprint density at radius 1 is 0.909 bits per heavy atom. The standard InChI is InChI=1S/C12H26N2O3.C10H21NO.C3H8.W/c1-11(2,16)7-9-17-12(3,4)6-5-8-14-10(13)15;1-5-7-10(3,4)8-11-9(12)6-2;1-3-2;/h16H,5-9H2,1-4H3,(H3,13,14,15);5-8H2,1-4H3,(H,11,12);3H2,1-2H3;. The molecule has 0 saturated carbocycles. The molecule has 0 unspecified atom stereocenters. The van der Waals surface area contributed by atoms with Crippen LogP contribution in [0.25, 0.3) is 0 Å². The van der Waals surface area contributed by atoms with Crippen LogP contribution < -0.4 is 16.4 Å². The number of amides is 3. The first-order valence-corrected chi connectivity index (χ1v) is 12.2. The van der Waals surface area contributed by atoms with Crippen LogP contribution in [0, 0.1) is 5.41 Å². The fourth-order valence-electron chi connectivity index (χ4n) is 2.60. The van der Waals surface area contributed by atoms with Crippen molar-refractivity contribution in [2.75, 3.05) is 19.7 Å². The van der Waals surface area contributed by atoms with Gasteiger partial charge in [0, 0.05) is 40.6 Å². The van der Waals surface area contributed by atoms with Gasteiger partial charge in [0.2, 0.25) is 5.91 Å². The summed E-state index contributed by atoms with van der Waals surface area (Å²) in [6, 6.07) is -0.495. The molecule has 200 valence electrons. The molecule has 3 amide bonds. The third-order valence-electron chi connectivity index (χ3n) is 4.47. The molecule has 0 aliphatic heterocycles. The summed E-state index contributed by atoms with van der Waals surface area (Å²) in [4.78, 5) is 21.4. The van der Waals surface area contributed by atoms with E-state index in [0.717, 1.165) is 25.8 Å². The number of aliphatic hydroxyl groups is 1. The number of carbonyl (C=O) groups excluding carboxylic acids is 2. The number of urea groups is 1. The van der Waals surface area contributed by atoms with Crippen molar-refractivity contribution in [3.05, 3.63) is 0 Å². The molecule has 0 aromatic rings. The number of ether oxygens (including phenoxy) is 1. The van der Waals surface area contributed by atoms with Crippen LogP contribution in [0.5, 0.6) is 0 Å². The summed E-state index contributed by atoms with van der Waals surface area (Å²) in [5, 5.41) is 15.0. The van der Waals surface area contributed by atoms with E-state index in [1.807, 2.05) is 20.8 Å². The molecule has 0 heterocycles. The molecule has 0 rings (SSSR count). The first-order chi connectivity index (χ1) is 14.6. The van der Waals surface area contributed by atoms with Crippen molar-refractivity contribution in [3.63, 3.8) is 0 Å². The van der Waals surface area contributed by atoms with Crippen molar-refractivity contribution in [1.82, 2.24) is 10.6 Å². The number of hydrogen-bond acceptors (Lipinski definition) is 4. The molecule has 0 atom stereocenters. The van der Waals surface area contributed by atoms with E-state index in [4.69, 9.17) is 10.5 Å². The fraction of sp³-hybridized carbons (Fsp3) is 0.920. The Bertz CT molecular complexity index is 479. The summed E-state index contributed by atoms with van der Waals surface area (Å²) in [6.07, 6.45) is 6.43. The van der Waals surface area contributed by atoms with Gasteiger partial charge >= 0.3 is 6.03 Å². The van der Waals surface area contributed by atoms with Gasteiger partial charge in [0.25, 0.3) is 0 Å². The van der Waals surface area contributed by atoms with Crippen LogP contribution in [0.3, 0.4) is 0 Å². The minimum absolute atomic E-state index is 0. The summed E-state index contributed by atoms with van der Waals surface area (Å²) in [7, 11) is 0. The van der Waals surface area contributed by atoms with Gasteiger partial charge in [-0.15, -0.1) is 0 Å². The molecule has 0 aliphatic rings. The Morgan fingerprint density at radius 3 is 1.82 bits per heavy atom. The zero-order valence-electron chi connectivity index (χ0n) is 23.2. The Morgan fingerprint density at radius 2 is 1.42 bits per heavy atom. The maximum Gasteiger partial charge on any atom is 0.312 e. The van der Waals surface area contributed by atoms with E-state index in [1.165, 1.54) is 12.8 Å². The molecule has 0 aliphatic carbocycles. The Balaban J connectivity index is -0.000000231. The Kier molecular flexibility index (Phi) is 26.2. The van der Waals surface area contributed by atoms with Gasteiger partial charge < -0.3 is 26.2 Å². The molecule has 0 radical (unpaired) electrons. The van der Waals surface area contributed by atoms with Crippen molar-refractivity contribution in [3.8, 4) is 0 Å². The Hall–Kier alpha value is -0.652. The van der Waals surface area contributed by atoms with E-state index in [1.54, 1.807) is 13.8 Å². The van der Waals surface area contributed by atoms with Crippen LogP contribution >= 0.6 is 0 Å². The molecule has 33 heavy (non-hydrogen) atoms. The predicted molar refractivity (Wildman–Crippen MR) is 136 cm³/mol. The SMILES string of the molecule is CC(C)(O)CCOC(C)(C)CCCNC(N)=O.CCC.CCCC(C)(C)CNC(=O)CC.[W].